The molecule has 0 unspecified atom stereocenters. The van der Waals surface area contributed by atoms with Crippen molar-refractivity contribution in [2.24, 2.45) is 11.1 Å². The smallest absolute Gasteiger partial charge is 0.0633 e. The molecule has 2 nitrogen and oxygen atoms in total. The SMILES string of the molecule is NCCC[C@]1(C2=CCCCC2)CCCC[C@H]1O. The Labute approximate surface area is 105 Å². The van der Waals surface area contributed by atoms with Gasteiger partial charge in [-0.1, -0.05) is 24.5 Å². The van der Waals surface area contributed by atoms with Gasteiger partial charge in [0.2, 0.25) is 0 Å². The van der Waals surface area contributed by atoms with Crippen LogP contribution in [0.25, 0.3) is 0 Å². The minimum atomic E-state index is -0.118. The van der Waals surface area contributed by atoms with Crippen LogP contribution in [0.1, 0.15) is 64.2 Å². The van der Waals surface area contributed by atoms with Crippen molar-refractivity contribution in [1.29, 1.82) is 0 Å². The molecule has 0 saturated heterocycles. The molecule has 17 heavy (non-hydrogen) atoms. The molecule has 2 heteroatoms. The Bertz CT molecular complexity index is 274. The summed E-state index contributed by atoms with van der Waals surface area (Å²) in [6.45, 7) is 0.752. The molecule has 0 bridgehead atoms. The number of hydrogen-bond donors (Lipinski definition) is 2. The van der Waals surface area contributed by atoms with Gasteiger partial charge in [0.05, 0.1) is 6.10 Å². The zero-order valence-electron chi connectivity index (χ0n) is 11.0. The molecule has 2 rings (SSSR count). The average Bonchev–Trinajstić information content (AvgIpc) is 2.39. The maximum absolute atomic E-state index is 10.5. The molecular formula is C15H27NO. The molecule has 1 saturated carbocycles. The quantitative estimate of drug-likeness (QED) is 0.738. The molecule has 0 aromatic carbocycles. The van der Waals surface area contributed by atoms with Crippen molar-refractivity contribution in [3.63, 3.8) is 0 Å². The zero-order valence-corrected chi connectivity index (χ0v) is 11.0. The van der Waals surface area contributed by atoms with Crippen LogP contribution in [0.4, 0.5) is 0 Å². The summed E-state index contributed by atoms with van der Waals surface area (Å²) in [6.07, 6.45) is 14.1. The predicted molar refractivity (Wildman–Crippen MR) is 71.7 cm³/mol. The van der Waals surface area contributed by atoms with E-state index >= 15 is 0 Å². The molecule has 3 N–H and O–H groups in total. The number of aliphatic hydroxyl groups is 1. The molecule has 0 amide bonds. The Kier molecular flexibility index (Phi) is 4.63. The Balaban J connectivity index is 2.18. The Morgan fingerprint density at radius 3 is 2.82 bits per heavy atom. The van der Waals surface area contributed by atoms with E-state index in [1.165, 1.54) is 44.9 Å². The summed E-state index contributed by atoms with van der Waals surface area (Å²) in [5, 5.41) is 10.5. The Morgan fingerprint density at radius 1 is 1.29 bits per heavy atom. The van der Waals surface area contributed by atoms with Gasteiger partial charge in [-0.15, -0.1) is 0 Å². The van der Waals surface area contributed by atoms with Gasteiger partial charge in [-0.2, -0.15) is 0 Å². The number of rotatable bonds is 4. The highest BCUT2D eigenvalue weighted by Gasteiger charge is 2.42. The van der Waals surface area contributed by atoms with Crippen LogP contribution in [0.5, 0.6) is 0 Å². The minimum Gasteiger partial charge on any atom is -0.392 e. The lowest BCUT2D eigenvalue weighted by molar-refractivity contribution is 0.00360. The normalized spacial score (nSPS) is 34.5. The van der Waals surface area contributed by atoms with Gasteiger partial charge < -0.3 is 10.8 Å². The summed E-state index contributed by atoms with van der Waals surface area (Å²) >= 11 is 0. The van der Waals surface area contributed by atoms with E-state index in [0.717, 1.165) is 25.8 Å². The van der Waals surface area contributed by atoms with Crippen LogP contribution < -0.4 is 5.73 Å². The van der Waals surface area contributed by atoms with Gasteiger partial charge in [0.15, 0.2) is 0 Å². The standard InChI is InChI=1S/C15H27NO/c16-12-6-11-15(10-5-4-9-14(15)17)13-7-2-1-3-8-13/h7,14,17H,1-6,8-12,16H2/t14-,15+/m1/s1. The summed E-state index contributed by atoms with van der Waals surface area (Å²) in [5.41, 5.74) is 7.33. The third-order valence-electron chi connectivity index (χ3n) is 4.75. The first-order chi connectivity index (χ1) is 8.29. The molecule has 0 heterocycles. The lowest BCUT2D eigenvalue weighted by atomic mass is 9.62. The predicted octanol–water partition coefficient (Wildman–Crippen LogP) is 3.15. The van der Waals surface area contributed by atoms with E-state index in [1.807, 2.05) is 0 Å². The molecule has 2 atom stereocenters. The number of hydrogen-bond acceptors (Lipinski definition) is 2. The van der Waals surface area contributed by atoms with Gasteiger partial charge in [0.1, 0.15) is 0 Å². The Hall–Kier alpha value is -0.340. The van der Waals surface area contributed by atoms with Crippen LogP contribution in [0.15, 0.2) is 11.6 Å². The summed E-state index contributed by atoms with van der Waals surface area (Å²) in [7, 11) is 0. The molecule has 0 aromatic rings. The highest BCUT2D eigenvalue weighted by Crippen LogP contribution is 2.48. The summed E-state index contributed by atoms with van der Waals surface area (Å²) in [5.74, 6) is 0. The maximum Gasteiger partial charge on any atom is 0.0633 e. The topological polar surface area (TPSA) is 46.2 Å². The van der Waals surface area contributed by atoms with E-state index in [1.54, 1.807) is 5.57 Å². The second-order valence-electron chi connectivity index (χ2n) is 5.79. The van der Waals surface area contributed by atoms with Crippen molar-refractivity contribution >= 4 is 0 Å². The van der Waals surface area contributed by atoms with Gasteiger partial charge in [-0.3, -0.25) is 0 Å². The van der Waals surface area contributed by atoms with E-state index in [9.17, 15) is 5.11 Å². The van der Waals surface area contributed by atoms with Crippen LogP contribution in [0, 0.1) is 5.41 Å². The maximum atomic E-state index is 10.5. The van der Waals surface area contributed by atoms with Crippen molar-refractivity contribution in [3.05, 3.63) is 11.6 Å². The van der Waals surface area contributed by atoms with E-state index in [2.05, 4.69) is 6.08 Å². The molecule has 98 valence electrons. The highest BCUT2D eigenvalue weighted by molar-refractivity contribution is 5.20. The van der Waals surface area contributed by atoms with E-state index in [-0.39, 0.29) is 11.5 Å². The first-order valence-electron chi connectivity index (χ1n) is 7.37. The highest BCUT2D eigenvalue weighted by atomic mass is 16.3. The van der Waals surface area contributed by atoms with Crippen LogP contribution in [0.3, 0.4) is 0 Å². The number of nitrogens with two attached hydrogens (primary N) is 1. The van der Waals surface area contributed by atoms with E-state index in [4.69, 9.17) is 5.73 Å². The van der Waals surface area contributed by atoms with Crippen molar-refractivity contribution in [2.75, 3.05) is 6.54 Å². The van der Waals surface area contributed by atoms with Crippen LogP contribution in [-0.4, -0.2) is 17.8 Å². The molecule has 1 fully saturated rings. The minimum absolute atomic E-state index is 0.0953. The fourth-order valence-corrected chi connectivity index (χ4v) is 3.76. The lowest BCUT2D eigenvalue weighted by Gasteiger charge is -2.45. The van der Waals surface area contributed by atoms with Gasteiger partial charge in [-0.05, 0) is 57.9 Å². The molecule has 2 aliphatic carbocycles. The molecule has 0 spiro atoms. The summed E-state index contributed by atoms with van der Waals surface area (Å²) in [6, 6.07) is 0. The van der Waals surface area contributed by atoms with E-state index in [0.29, 0.717) is 0 Å². The second-order valence-corrected chi connectivity index (χ2v) is 5.79. The van der Waals surface area contributed by atoms with Crippen molar-refractivity contribution in [2.45, 2.75) is 70.3 Å². The zero-order chi connectivity index (χ0) is 12.1. The molecule has 0 aliphatic heterocycles. The van der Waals surface area contributed by atoms with Crippen molar-refractivity contribution < 1.29 is 5.11 Å². The van der Waals surface area contributed by atoms with Crippen molar-refractivity contribution in [1.82, 2.24) is 0 Å². The van der Waals surface area contributed by atoms with Gasteiger partial charge in [0.25, 0.3) is 0 Å². The summed E-state index contributed by atoms with van der Waals surface area (Å²) in [4.78, 5) is 0. The van der Waals surface area contributed by atoms with Crippen LogP contribution in [0.2, 0.25) is 0 Å². The van der Waals surface area contributed by atoms with Crippen LogP contribution in [-0.2, 0) is 0 Å². The van der Waals surface area contributed by atoms with Gasteiger partial charge in [-0.25, -0.2) is 0 Å². The molecule has 2 aliphatic rings. The largest absolute Gasteiger partial charge is 0.392 e. The molecule has 0 aromatic heterocycles. The third kappa shape index (κ3) is 2.74. The van der Waals surface area contributed by atoms with Crippen molar-refractivity contribution in [3.8, 4) is 0 Å². The average molecular weight is 237 g/mol. The fraction of sp³-hybridized carbons (Fsp3) is 0.867. The monoisotopic (exact) mass is 237 g/mol. The number of aliphatic hydroxyl groups excluding tert-OH is 1. The van der Waals surface area contributed by atoms with E-state index < -0.39 is 0 Å². The fourth-order valence-electron chi connectivity index (χ4n) is 3.76. The summed E-state index contributed by atoms with van der Waals surface area (Å²) < 4.78 is 0. The Morgan fingerprint density at radius 2 is 2.18 bits per heavy atom. The second kappa shape index (κ2) is 6.01. The first kappa shape index (κ1) is 13.1. The lowest BCUT2D eigenvalue weighted by Crippen LogP contribution is -2.40. The molecule has 0 radical (unpaired) electrons. The molecular weight excluding hydrogens is 210 g/mol. The first-order valence-corrected chi connectivity index (χ1v) is 7.37. The third-order valence-corrected chi connectivity index (χ3v) is 4.75. The van der Waals surface area contributed by atoms with Gasteiger partial charge >= 0.3 is 0 Å². The number of allylic oxidation sites excluding steroid dienone is 1. The van der Waals surface area contributed by atoms with Gasteiger partial charge in [0, 0.05) is 5.41 Å². The van der Waals surface area contributed by atoms with Crippen LogP contribution >= 0.6 is 0 Å².